The van der Waals surface area contributed by atoms with Crippen LogP contribution in [0.2, 0.25) is 0 Å². The van der Waals surface area contributed by atoms with Crippen LogP contribution in [0.1, 0.15) is 37.7 Å². The van der Waals surface area contributed by atoms with Crippen LogP contribution in [0, 0.1) is 6.92 Å². The van der Waals surface area contributed by atoms with Crippen molar-refractivity contribution >= 4 is 49.5 Å². The lowest BCUT2D eigenvalue weighted by molar-refractivity contribution is 0.305. The minimum Gasteiger partial charge on any atom is -0.369 e. The first-order valence-electron chi connectivity index (χ1n) is 7.38. The van der Waals surface area contributed by atoms with Crippen molar-refractivity contribution in [2.45, 2.75) is 44.7 Å². The summed E-state index contributed by atoms with van der Waals surface area (Å²) >= 11 is 7.19. The maximum atomic E-state index is 6.27. The molecule has 3 rings (SSSR count). The molecule has 1 aromatic carbocycles. The summed E-state index contributed by atoms with van der Waals surface area (Å²) in [5.74, 6) is 0.696. The second-order valence-electron chi connectivity index (χ2n) is 5.87. The van der Waals surface area contributed by atoms with Crippen LogP contribution in [0.25, 0.3) is 0 Å². The number of rotatable bonds is 1. The third kappa shape index (κ3) is 2.65. The lowest BCUT2D eigenvalue weighted by Crippen LogP contribution is -2.58. The molecule has 118 valence electrons. The molecule has 0 atom stereocenters. The van der Waals surface area contributed by atoms with Crippen LogP contribution < -0.4 is 16.4 Å². The number of aliphatic imine (C=N–C) groups is 2. The van der Waals surface area contributed by atoms with Crippen LogP contribution in [-0.2, 0) is 0 Å². The van der Waals surface area contributed by atoms with Crippen molar-refractivity contribution in [1.82, 2.24) is 0 Å². The smallest absolute Gasteiger partial charge is 0.220 e. The van der Waals surface area contributed by atoms with Gasteiger partial charge in [-0.15, -0.1) is 0 Å². The fourth-order valence-electron chi connectivity index (χ4n) is 3.42. The van der Waals surface area contributed by atoms with Crippen molar-refractivity contribution in [3.8, 4) is 0 Å². The number of aryl methyl sites for hydroxylation is 1. The first-order valence-corrected chi connectivity index (χ1v) is 8.97. The fourth-order valence-corrected chi connectivity index (χ4v) is 5.04. The average molecular weight is 429 g/mol. The zero-order chi connectivity index (χ0) is 15.9. The Morgan fingerprint density at radius 1 is 1.14 bits per heavy atom. The number of anilines is 1. The minimum absolute atomic E-state index is 0.279. The van der Waals surface area contributed by atoms with E-state index in [1.807, 2.05) is 6.07 Å². The third-order valence-corrected chi connectivity index (χ3v) is 5.36. The van der Waals surface area contributed by atoms with E-state index in [1.165, 1.54) is 6.42 Å². The largest absolute Gasteiger partial charge is 0.369 e. The van der Waals surface area contributed by atoms with Gasteiger partial charge in [0.25, 0.3) is 0 Å². The highest BCUT2D eigenvalue weighted by Gasteiger charge is 2.43. The molecule has 1 aliphatic carbocycles. The van der Waals surface area contributed by atoms with Crippen molar-refractivity contribution in [3.63, 3.8) is 0 Å². The van der Waals surface area contributed by atoms with E-state index >= 15 is 0 Å². The zero-order valence-electron chi connectivity index (χ0n) is 12.4. The summed E-state index contributed by atoms with van der Waals surface area (Å²) in [4.78, 5) is 11.0. The van der Waals surface area contributed by atoms with Gasteiger partial charge in [0.1, 0.15) is 5.66 Å². The Kier molecular flexibility index (Phi) is 4.20. The second-order valence-corrected chi connectivity index (χ2v) is 7.64. The molecule has 1 fully saturated rings. The molecule has 0 unspecified atom stereocenters. The summed E-state index contributed by atoms with van der Waals surface area (Å²) in [7, 11) is 0. The summed E-state index contributed by atoms with van der Waals surface area (Å²) in [5.41, 5.74) is 13.9. The molecule has 22 heavy (non-hydrogen) atoms. The van der Waals surface area contributed by atoms with E-state index in [4.69, 9.17) is 16.5 Å². The topological polar surface area (TPSA) is 80.0 Å². The third-order valence-electron chi connectivity index (χ3n) is 4.29. The highest BCUT2D eigenvalue weighted by Crippen LogP contribution is 2.43. The molecule has 1 aliphatic heterocycles. The minimum atomic E-state index is -0.407. The predicted octanol–water partition coefficient (Wildman–Crippen LogP) is 3.63. The second kappa shape index (κ2) is 5.85. The van der Waals surface area contributed by atoms with Crippen LogP contribution in [0.4, 0.5) is 5.69 Å². The van der Waals surface area contributed by atoms with Gasteiger partial charge in [0, 0.05) is 8.95 Å². The molecule has 0 aromatic heterocycles. The van der Waals surface area contributed by atoms with E-state index in [2.05, 4.69) is 54.7 Å². The average Bonchev–Trinajstić information content (AvgIpc) is 2.41. The summed E-state index contributed by atoms with van der Waals surface area (Å²) in [5, 5.41) is 0. The molecule has 0 amide bonds. The van der Waals surface area contributed by atoms with Crippen molar-refractivity contribution in [1.29, 1.82) is 0 Å². The Morgan fingerprint density at radius 3 is 2.45 bits per heavy atom. The quantitative estimate of drug-likeness (QED) is 0.716. The Balaban J connectivity index is 2.16. The van der Waals surface area contributed by atoms with E-state index in [0.29, 0.717) is 5.96 Å². The molecule has 7 heteroatoms. The van der Waals surface area contributed by atoms with Gasteiger partial charge in [0.05, 0.1) is 5.69 Å². The molecule has 0 bridgehead atoms. The van der Waals surface area contributed by atoms with Gasteiger partial charge in [-0.3, -0.25) is 4.90 Å². The molecule has 1 heterocycles. The van der Waals surface area contributed by atoms with Gasteiger partial charge in [0.2, 0.25) is 11.9 Å². The number of hydrogen-bond donors (Lipinski definition) is 2. The van der Waals surface area contributed by atoms with E-state index < -0.39 is 5.66 Å². The maximum Gasteiger partial charge on any atom is 0.220 e. The van der Waals surface area contributed by atoms with Crippen molar-refractivity contribution in [3.05, 3.63) is 26.6 Å². The van der Waals surface area contributed by atoms with Crippen LogP contribution in [0.3, 0.4) is 0 Å². The summed E-state index contributed by atoms with van der Waals surface area (Å²) in [6.07, 6.45) is 5.34. The van der Waals surface area contributed by atoms with E-state index in [1.54, 1.807) is 0 Å². The van der Waals surface area contributed by atoms with E-state index in [9.17, 15) is 0 Å². The monoisotopic (exact) mass is 427 g/mol. The van der Waals surface area contributed by atoms with Crippen molar-refractivity contribution < 1.29 is 0 Å². The van der Waals surface area contributed by atoms with E-state index in [0.717, 1.165) is 45.9 Å². The van der Waals surface area contributed by atoms with Gasteiger partial charge >= 0.3 is 0 Å². The highest BCUT2D eigenvalue weighted by molar-refractivity contribution is 9.11. The molecule has 0 radical (unpaired) electrons. The molecule has 5 nitrogen and oxygen atoms in total. The fraction of sp³-hybridized carbons (Fsp3) is 0.467. The summed E-state index contributed by atoms with van der Waals surface area (Å²) in [6.45, 7) is 2.07. The number of hydrogen-bond acceptors (Lipinski definition) is 5. The number of benzene rings is 1. The van der Waals surface area contributed by atoms with Gasteiger partial charge in [-0.1, -0.05) is 22.4 Å². The molecule has 1 spiro atoms. The number of nitrogens with two attached hydrogens (primary N) is 2. The number of halogens is 2. The van der Waals surface area contributed by atoms with Crippen LogP contribution in [0.5, 0.6) is 0 Å². The Bertz CT molecular complexity index is 639. The van der Waals surface area contributed by atoms with Crippen molar-refractivity contribution in [2.24, 2.45) is 21.5 Å². The van der Waals surface area contributed by atoms with E-state index in [-0.39, 0.29) is 5.96 Å². The normalized spacial score (nSPS) is 20.8. The lowest BCUT2D eigenvalue weighted by atomic mass is 9.87. The molecule has 0 saturated heterocycles. The standard InChI is InChI=1S/C15H19Br2N5/c1-9-7-10(16)8-11(17)12(9)22-14(19)20-13(18)21-15(22)5-3-2-4-6-15/h7-8H,2-6H2,1H3,(H4,18,19,20,21). The first-order chi connectivity index (χ1) is 10.4. The zero-order valence-corrected chi connectivity index (χ0v) is 15.6. The Morgan fingerprint density at radius 2 is 1.82 bits per heavy atom. The van der Waals surface area contributed by atoms with Gasteiger partial charge in [0.15, 0.2) is 0 Å². The number of guanidine groups is 2. The molecule has 1 aromatic rings. The molecular weight excluding hydrogens is 410 g/mol. The van der Waals surface area contributed by atoms with Crippen LogP contribution in [-0.4, -0.2) is 17.6 Å². The lowest BCUT2D eigenvalue weighted by Gasteiger charge is -2.46. The molecule has 2 aliphatic rings. The van der Waals surface area contributed by atoms with Gasteiger partial charge < -0.3 is 11.5 Å². The maximum absolute atomic E-state index is 6.27. The van der Waals surface area contributed by atoms with Crippen molar-refractivity contribution in [2.75, 3.05) is 4.90 Å². The van der Waals surface area contributed by atoms with Crippen LogP contribution in [0.15, 0.2) is 31.1 Å². The molecule has 4 N–H and O–H groups in total. The molecule has 1 saturated carbocycles. The number of nitrogens with zero attached hydrogens (tertiary/aromatic N) is 3. The predicted molar refractivity (Wildman–Crippen MR) is 98.1 cm³/mol. The Hall–Kier alpha value is -1.08. The highest BCUT2D eigenvalue weighted by atomic mass is 79.9. The van der Waals surface area contributed by atoms with Gasteiger partial charge in [-0.25, -0.2) is 4.99 Å². The SMILES string of the molecule is Cc1cc(Br)cc(Br)c1N1C(N)=NC(N)=NC12CCCCC2. The Labute approximate surface area is 147 Å². The molecular formula is C15H19Br2N5. The summed E-state index contributed by atoms with van der Waals surface area (Å²) in [6, 6.07) is 4.10. The first kappa shape index (κ1) is 15.8. The summed E-state index contributed by atoms with van der Waals surface area (Å²) < 4.78 is 1.99. The van der Waals surface area contributed by atoms with Gasteiger partial charge in [-0.2, -0.15) is 4.99 Å². The van der Waals surface area contributed by atoms with Gasteiger partial charge in [-0.05, 0) is 66.2 Å². The van der Waals surface area contributed by atoms with Crippen LogP contribution >= 0.6 is 31.9 Å².